The average molecular weight is 564 g/mol. The van der Waals surface area contributed by atoms with Gasteiger partial charge in [0.05, 0.1) is 26.3 Å². The highest BCUT2D eigenvalue weighted by atomic mass is 16.5. The highest BCUT2D eigenvalue weighted by molar-refractivity contribution is 5.97. The molecule has 41 heavy (non-hydrogen) atoms. The number of likely N-dealkylation sites (tertiary alicyclic amines) is 1. The summed E-state index contributed by atoms with van der Waals surface area (Å²) in [6, 6.07) is 13.0. The Morgan fingerprint density at radius 3 is 2.56 bits per heavy atom. The van der Waals surface area contributed by atoms with Crippen LogP contribution in [-0.4, -0.2) is 61.9 Å². The third-order valence-electron chi connectivity index (χ3n) is 8.41. The maximum absolute atomic E-state index is 13.2. The van der Waals surface area contributed by atoms with E-state index < -0.39 is 6.04 Å². The number of methoxy groups -OCH3 is 1. The van der Waals surface area contributed by atoms with Crippen LogP contribution in [0.1, 0.15) is 86.2 Å². The molecule has 2 fully saturated rings. The zero-order valence-electron chi connectivity index (χ0n) is 24.7. The molecular weight excluding hydrogens is 518 g/mol. The molecule has 8 nitrogen and oxygen atoms in total. The Hall–Kier alpha value is -3.39. The Kier molecular flexibility index (Phi) is 11.2. The molecule has 2 aromatic rings. The van der Waals surface area contributed by atoms with Crippen molar-refractivity contribution in [3.63, 3.8) is 0 Å². The van der Waals surface area contributed by atoms with Gasteiger partial charge < -0.3 is 25.0 Å². The van der Waals surface area contributed by atoms with Gasteiger partial charge in [-0.3, -0.25) is 14.4 Å². The van der Waals surface area contributed by atoms with Crippen molar-refractivity contribution in [1.29, 1.82) is 0 Å². The first-order chi connectivity index (χ1) is 19.9. The summed E-state index contributed by atoms with van der Waals surface area (Å²) in [7, 11) is 1.63. The maximum Gasteiger partial charge on any atom is 0.251 e. The van der Waals surface area contributed by atoms with E-state index in [0.29, 0.717) is 25.3 Å². The molecule has 1 saturated heterocycles. The largest absolute Gasteiger partial charge is 0.497 e. The van der Waals surface area contributed by atoms with E-state index >= 15 is 0 Å². The summed E-state index contributed by atoms with van der Waals surface area (Å²) in [6.07, 6.45) is 7.27. The standard InChI is InChI=1S/C33H45N3O5/c1-4-41-30-19-29(40-3)16-15-27(30)20-34-21-31(38)36-17-9-14-28(22-36)25-12-8-13-26(18-25)33(39)35-32(23(2)37)24-10-6-5-7-11-24/h8,12-13,15-16,18-19,24,28,32,34H,4-7,9-11,14,17,20-22H2,1-3H3,(H,35,39)/t28-,32-/m0/s1. The molecule has 1 aliphatic carbocycles. The lowest BCUT2D eigenvalue weighted by Crippen LogP contribution is -2.45. The van der Waals surface area contributed by atoms with E-state index in [9.17, 15) is 14.4 Å². The topological polar surface area (TPSA) is 97.0 Å². The van der Waals surface area contributed by atoms with E-state index in [1.807, 2.05) is 54.3 Å². The number of rotatable bonds is 12. The van der Waals surface area contributed by atoms with Crippen LogP contribution in [0.5, 0.6) is 11.5 Å². The third kappa shape index (κ3) is 8.32. The van der Waals surface area contributed by atoms with E-state index in [4.69, 9.17) is 9.47 Å². The van der Waals surface area contributed by atoms with Crippen LogP contribution in [0.15, 0.2) is 42.5 Å². The summed E-state index contributed by atoms with van der Waals surface area (Å²) in [5.41, 5.74) is 2.60. The summed E-state index contributed by atoms with van der Waals surface area (Å²) >= 11 is 0. The minimum Gasteiger partial charge on any atom is -0.497 e. The summed E-state index contributed by atoms with van der Waals surface area (Å²) in [4.78, 5) is 40.6. The second-order valence-corrected chi connectivity index (χ2v) is 11.3. The minimum absolute atomic E-state index is 0.0255. The Morgan fingerprint density at radius 1 is 1.02 bits per heavy atom. The van der Waals surface area contributed by atoms with E-state index in [0.717, 1.165) is 67.7 Å². The second-order valence-electron chi connectivity index (χ2n) is 11.3. The molecule has 1 saturated carbocycles. The van der Waals surface area contributed by atoms with Crippen LogP contribution in [0.4, 0.5) is 0 Å². The molecule has 0 radical (unpaired) electrons. The fourth-order valence-corrected chi connectivity index (χ4v) is 6.17. The number of piperidine rings is 1. The molecule has 1 aliphatic heterocycles. The number of carbonyl (C=O) groups is 3. The minimum atomic E-state index is -0.427. The number of ketones is 1. The monoisotopic (exact) mass is 563 g/mol. The van der Waals surface area contributed by atoms with Gasteiger partial charge in [-0.15, -0.1) is 0 Å². The van der Waals surface area contributed by atoms with Crippen LogP contribution in [-0.2, 0) is 16.1 Å². The fraction of sp³-hybridized carbons (Fsp3) is 0.545. The molecule has 2 aliphatic rings. The maximum atomic E-state index is 13.2. The molecule has 4 rings (SSSR count). The normalized spacial score (nSPS) is 18.4. The highest BCUT2D eigenvalue weighted by Crippen LogP contribution is 2.29. The molecular formula is C33H45N3O5. The second kappa shape index (κ2) is 15.0. The van der Waals surface area contributed by atoms with Crippen molar-refractivity contribution in [2.75, 3.05) is 33.4 Å². The third-order valence-corrected chi connectivity index (χ3v) is 8.41. The van der Waals surface area contributed by atoms with Crippen molar-refractivity contribution in [2.45, 2.75) is 77.3 Å². The van der Waals surface area contributed by atoms with Crippen molar-refractivity contribution >= 4 is 17.6 Å². The quantitative estimate of drug-likeness (QED) is 0.383. The molecule has 0 aromatic heterocycles. The van der Waals surface area contributed by atoms with E-state index in [2.05, 4.69) is 10.6 Å². The highest BCUT2D eigenvalue weighted by Gasteiger charge is 2.29. The lowest BCUT2D eigenvalue weighted by atomic mass is 9.82. The van der Waals surface area contributed by atoms with Crippen molar-refractivity contribution in [2.24, 2.45) is 5.92 Å². The first-order valence-electron chi connectivity index (χ1n) is 15.1. The van der Waals surface area contributed by atoms with Crippen LogP contribution in [0.3, 0.4) is 0 Å². The van der Waals surface area contributed by atoms with Crippen molar-refractivity contribution in [1.82, 2.24) is 15.5 Å². The molecule has 2 N–H and O–H groups in total. The van der Waals surface area contributed by atoms with Crippen LogP contribution in [0, 0.1) is 5.92 Å². The number of benzene rings is 2. The summed E-state index contributed by atoms with van der Waals surface area (Å²) in [6.45, 7) is 6.17. The SMILES string of the molecule is CCOc1cc(OC)ccc1CNCC(=O)N1CCC[C@H](c2cccc(C(=O)N[C@@H](C(C)=O)C3CCCCC3)c2)C1. The Balaban J connectivity index is 1.33. The van der Waals surface area contributed by atoms with Crippen molar-refractivity contribution in [3.8, 4) is 11.5 Å². The molecule has 0 spiro atoms. The number of amides is 2. The molecule has 2 amide bonds. The first kappa shape index (κ1) is 30.6. The Bertz CT molecular complexity index is 1190. The van der Waals surface area contributed by atoms with Crippen molar-refractivity contribution in [3.05, 3.63) is 59.2 Å². The Morgan fingerprint density at radius 2 is 1.83 bits per heavy atom. The summed E-state index contributed by atoms with van der Waals surface area (Å²) < 4.78 is 11.0. The average Bonchev–Trinajstić information content (AvgIpc) is 3.00. The Labute approximate surface area is 244 Å². The number of hydrogen-bond acceptors (Lipinski definition) is 6. The van der Waals surface area contributed by atoms with E-state index in [1.165, 1.54) is 6.42 Å². The molecule has 2 atom stereocenters. The van der Waals surface area contributed by atoms with Gasteiger partial charge in [0.25, 0.3) is 5.91 Å². The van der Waals surface area contributed by atoms with Crippen LogP contribution >= 0.6 is 0 Å². The lowest BCUT2D eigenvalue weighted by molar-refractivity contribution is -0.131. The molecule has 8 heteroatoms. The molecule has 0 unspecified atom stereocenters. The van der Waals surface area contributed by atoms with Gasteiger partial charge in [0.2, 0.25) is 5.91 Å². The first-order valence-corrected chi connectivity index (χ1v) is 15.1. The van der Waals surface area contributed by atoms with Gasteiger partial charge in [-0.05, 0) is 69.2 Å². The van der Waals surface area contributed by atoms with Crippen LogP contribution in [0.2, 0.25) is 0 Å². The lowest BCUT2D eigenvalue weighted by Gasteiger charge is -2.33. The predicted octanol–water partition coefficient (Wildman–Crippen LogP) is 4.86. The van der Waals surface area contributed by atoms with Crippen molar-refractivity contribution < 1.29 is 23.9 Å². The zero-order valence-corrected chi connectivity index (χ0v) is 24.7. The summed E-state index contributed by atoms with van der Waals surface area (Å²) in [5, 5.41) is 6.31. The van der Waals surface area contributed by atoms with Gasteiger partial charge in [0.1, 0.15) is 11.5 Å². The van der Waals surface area contributed by atoms with Gasteiger partial charge >= 0.3 is 0 Å². The van der Waals surface area contributed by atoms with Crippen LogP contribution < -0.4 is 20.1 Å². The molecule has 2 aromatic carbocycles. The van der Waals surface area contributed by atoms with Gasteiger partial charge in [0, 0.05) is 42.7 Å². The number of nitrogens with one attached hydrogen (secondary N) is 2. The van der Waals surface area contributed by atoms with E-state index in [-0.39, 0.29) is 36.0 Å². The number of carbonyl (C=O) groups excluding carboxylic acids is 3. The number of hydrogen-bond donors (Lipinski definition) is 2. The zero-order chi connectivity index (χ0) is 29.2. The number of ether oxygens (including phenoxy) is 2. The summed E-state index contributed by atoms with van der Waals surface area (Å²) in [5.74, 6) is 1.75. The predicted molar refractivity (Wildman–Crippen MR) is 159 cm³/mol. The van der Waals surface area contributed by atoms with Gasteiger partial charge in [-0.25, -0.2) is 0 Å². The van der Waals surface area contributed by atoms with Gasteiger partial charge in [-0.2, -0.15) is 0 Å². The fourth-order valence-electron chi connectivity index (χ4n) is 6.17. The van der Waals surface area contributed by atoms with Crippen LogP contribution in [0.25, 0.3) is 0 Å². The number of nitrogens with zero attached hydrogens (tertiary/aromatic N) is 1. The molecule has 1 heterocycles. The van der Waals surface area contributed by atoms with Gasteiger partial charge in [0.15, 0.2) is 5.78 Å². The van der Waals surface area contributed by atoms with Gasteiger partial charge in [-0.1, -0.05) is 37.5 Å². The number of Topliss-reactive ketones (excluding diaryl/α,β-unsaturated/α-hetero) is 1. The smallest absolute Gasteiger partial charge is 0.251 e. The molecule has 222 valence electrons. The van der Waals surface area contributed by atoms with E-state index in [1.54, 1.807) is 14.0 Å². The molecule has 0 bridgehead atoms.